The second kappa shape index (κ2) is 8.68. The molecule has 0 saturated heterocycles. The first-order chi connectivity index (χ1) is 13.1. The van der Waals surface area contributed by atoms with Crippen molar-refractivity contribution in [1.82, 2.24) is 10.0 Å². The van der Waals surface area contributed by atoms with Crippen LogP contribution in [0, 0.1) is 10.1 Å². The summed E-state index contributed by atoms with van der Waals surface area (Å²) in [5, 5.41) is 14.4. The minimum absolute atomic E-state index is 0.00746. The zero-order chi connectivity index (χ0) is 20.9. The number of rotatable bonds is 9. The summed E-state index contributed by atoms with van der Waals surface area (Å²) in [5.41, 5.74) is 0.186. The SMILES string of the molecule is COc1ccc([N+](=O)[O-])cc1S(=O)(=O)NCC(C)(C)NC(C)c1ccccc1. The average molecular weight is 407 g/mol. The fraction of sp³-hybridized carbons (Fsp3) is 0.368. The van der Waals surface area contributed by atoms with Gasteiger partial charge in [-0.1, -0.05) is 30.3 Å². The molecule has 1 unspecified atom stereocenters. The molecule has 0 aliphatic carbocycles. The molecule has 0 spiro atoms. The van der Waals surface area contributed by atoms with Crippen LogP contribution in [0.2, 0.25) is 0 Å². The molecule has 152 valence electrons. The summed E-state index contributed by atoms with van der Waals surface area (Å²) in [6.45, 7) is 5.83. The van der Waals surface area contributed by atoms with Crippen molar-refractivity contribution < 1.29 is 18.1 Å². The highest BCUT2D eigenvalue weighted by Crippen LogP contribution is 2.28. The number of methoxy groups -OCH3 is 1. The summed E-state index contributed by atoms with van der Waals surface area (Å²) in [5.74, 6) is 0.0431. The highest BCUT2D eigenvalue weighted by Gasteiger charge is 2.27. The Balaban J connectivity index is 2.16. The van der Waals surface area contributed by atoms with Crippen molar-refractivity contribution >= 4 is 15.7 Å². The lowest BCUT2D eigenvalue weighted by Crippen LogP contribution is -2.49. The van der Waals surface area contributed by atoms with Crippen LogP contribution >= 0.6 is 0 Å². The molecule has 0 aromatic heterocycles. The van der Waals surface area contributed by atoms with Gasteiger partial charge in [0.25, 0.3) is 5.69 Å². The van der Waals surface area contributed by atoms with E-state index in [1.54, 1.807) is 0 Å². The van der Waals surface area contributed by atoms with Gasteiger partial charge >= 0.3 is 0 Å². The maximum Gasteiger partial charge on any atom is 0.271 e. The Hall–Kier alpha value is -2.49. The Morgan fingerprint density at radius 1 is 1.18 bits per heavy atom. The molecule has 2 rings (SSSR count). The second-order valence-corrected chi connectivity index (χ2v) is 8.81. The monoisotopic (exact) mass is 407 g/mol. The summed E-state index contributed by atoms with van der Waals surface area (Å²) in [7, 11) is -2.70. The van der Waals surface area contributed by atoms with E-state index in [0.717, 1.165) is 11.6 Å². The molecule has 0 aliphatic heterocycles. The van der Waals surface area contributed by atoms with Crippen LogP contribution in [0.25, 0.3) is 0 Å². The zero-order valence-electron chi connectivity index (χ0n) is 16.3. The van der Waals surface area contributed by atoms with Crippen LogP contribution in [-0.4, -0.2) is 32.5 Å². The minimum atomic E-state index is -4.01. The molecule has 0 fully saturated rings. The van der Waals surface area contributed by atoms with E-state index in [1.165, 1.54) is 19.2 Å². The van der Waals surface area contributed by atoms with Gasteiger partial charge in [0.05, 0.1) is 12.0 Å². The van der Waals surface area contributed by atoms with Gasteiger partial charge in [0.2, 0.25) is 10.0 Å². The van der Waals surface area contributed by atoms with Crippen molar-refractivity contribution in [2.75, 3.05) is 13.7 Å². The van der Waals surface area contributed by atoms with Crippen LogP contribution in [0.5, 0.6) is 5.75 Å². The van der Waals surface area contributed by atoms with Crippen molar-refractivity contribution in [2.45, 2.75) is 37.2 Å². The predicted octanol–water partition coefficient (Wildman–Crippen LogP) is 3.01. The molecule has 28 heavy (non-hydrogen) atoms. The van der Waals surface area contributed by atoms with Gasteiger partial charge in [-0.15, -0.1) is 0 Å². The number of hydrogen-bond acceptors (Lipinski definition) is 6. The first kappa shape index (κ1) is 21.8. The number of nitrogens with one attached hydrogen (secondary N) is 2. The van der Waals surface area contributed by atoms with Gasteiger partial charge in [0.15, 0.2) is 0 Å². The molecule has 2 aromatic carbocycles. The molecule has 0 saturated carbocycles. The number of hydrogen-bond donors (Lipinski definition) is 2. The Labute approximate surface area is 165 Å². The lowest BCUT2D eigenvalue weighted by molar-refractivity contribution is -0.385. The molecule has 2 aromatic rings. The highest BCUT2D eigenvalue weighted by molar-refractivity contribution is 7.89. The van der Waals surface area contributed by atoms with Crippen molar-refractivity contribution in [3.63, 3.8) is 0 Å². The smallest absolute Gasteiger partial charge is 0.271 e. The molecular formula is C19H25N3O5S. The summed E-state index contributed by atoms with van der Waals surface area (Å²) in [6, 6.07) is 13.3. The van der Waals surface area contributed by atoms with Crippen molar-refractivity contribution in [3.8, 4) is 5.75 Å². The van der Waals surface area contributed by atoms with E-state index in [4.69, 9.17) is 4.74 Å². The van der Waals surface area contributed by atoms with Crippen molar-refractivity contribution in [1.29, 1.82) is 0 Å². The average Bonchev–Trinajstić information content (AvgIpc) is 2.66. The van der Waals surface area contributed by atoms with E-state index in [-0.39, 0.29) is 28.9 Å². The highest BCUT2D eigenvalue weighted by atomic mass is 32.2. The zero-order valence-corrected chi connectivity index (χ0v) is 17.1. The molecule has 0 radical (unpaired) electrons. The van der Waals surface area contributed by atoms with E-state index in [1.807, 2.05) is 51.1 Å². The van der Waals surface area contributed by atoms with Crippen LogP contribution in [0.15, 0.2) is 53.4 Å². The topological polar surface area (TPSA) is 111 Å². The van der Waals surface area contributed by atoms with Gasteiger partial charge < -0.3 is 10.1 Å². The molecule has 1 atom stereocenters. The Bertz CT molecular complexity index is 930. The van der Waals surface area contributed by atoms with Crippen molar-refractivity contribution in [2.24, 2.45) is 0 Å². The quantitative estimate of drug-likeness (QED) is 0.488. The van der Waals surface area contributed by atoms with E-state index >= 15 is 0 Å². The Kier molecular flexibility index (Phi) is 6.76. The fourth-order valence-electron chi connectivity index (χ4n) is 2.80. The third-order valence-corrected chi connectivity index (χ3v) is 5.68. The summed E-state index contributed by atoms with van der Waals surface area (Å²) in [6.07, 6.45) is 0. The number of nitro benzene ring substituents is 1. The summed E-state index contributed by atoms with van der Waals surface area (Å²) >= 11 is 0. The third kappa shape index (κ3) is 5.51. The molecule has 0 bridgehead atoms. The van der Waals surface area contributed by atoms with Gasteiger partial charge in [-0.3, -0.25) is 10.1 Å². The number of ether oxygens (including phenoxy) is 1. The van der Waals surface area contributed by atoms with Gasteiger partial charge in [0, 0.05) is 30.3 Å². The van der Waals surface area contributed by atoms with E-state index in [2.05, 4.69) is 10.0 Å². The molecular weight excluding hydrogens is 382 g/mol. The van der Waals surface area contributed by atoms with Crippen LogP contribution in [0.1, 0.15) is 32.4 Å². The maximum atomic E-state index is 12.7. The lowest BCUT2D eigenvalue weighted by Gasteiger charge is -2.30. The van der Waals surface area contributed by atoms with E-state index in [0.29, 0.717) is 0 Å². The second-order valence-electron chi connectivity index (χ2n) is 7.08. The molecule has 0 amide bonds. The number of nitrogens with zero attached hydrogens (tertiary/aromatic N) is 1. The molecule has 9 heteroatoms. The number of non-ortho nitro benzene ring substituents is 1. The first-order valence-corrected chi connectivity index (χ1v) is 10.2. The standard InChI is InChI=1S/C19H25N3O5S/c1-14(15-8-6-5-7-9-15)21-19(2,3)13-20-28(25,26)18-12-16(22(23)24)10-11-17(18)27-4/h5-12,14,20-21H,13H2,1-4H3. The van der Waals surface area contributed by atoms with Gasteiger partial charge in [-0.05, 0) is 32.4 Å². The fourth-order valence-corrected chi connectivity index (χ4v) is 4.20. The molecule has 8 nitrogen and oxygen atoms in total. The molecule has 0 heterocycles. The lowest BCUT2D eigenvalue weighted by atomic mass is 10.0. The maximum absolute atomic E-state index is 12.7. The summed E-state index contributed by atoms with van der Waals surface area (Å²) in [4.78, 5) is 10.1. The largest absolute Gasteiger partial charge is 0.495 e. The van der Waals surface area contributed by atoms with Gasteiger partial charge in [-0.25, -0.2) is 13.1 Å². The van der Waals surface area contributed by atoms with Crippen molar-refractivity contribution in [3.05, 3.63) is 64.2 Å². The number of benzene rings is 2. The third-order valence-electron chi connectivity index (χ3n) is 4.26. The number of sulfonamides is 1. The first-order valence-electron chi connectivity index (χ1n) is 8.70. The van der Waals surface area contributed by atoms with Gasteiger partial charge in [0.1, 0.15) is 10.6 Å². The number of nitro groups is 1. The van der Waals surface area contributed by atoms with Crippen LogP contribution in [0.4, 0.5) is 5.69 Å². The Morgan fingerprint density at radius 3 is 2.39 bits per heavy atom. The van der Waals surface area contributed by atoms with Crippen LogP contribution in [0.3, 0.4) is 0 Å². The van der Waals surface area contributed by atoms with Crippen LogP contribution in [-0.2, 0) is 10.0 Å². The minimum Gasteiger partial charge on any atom is -0.495 e. The van der Waals surface area contributed by atoms with Crippen LogP contribution < -0.4 is 14.8 Å². The summed E-state index contributed by atoms with van der Waals surface area (Å²) < 4.78 is 33.1. The van der Waals surface area contributed by atoms with Gasteiger partial charge in [-0.2, -0.15) is 0 Å². The predicted molar refractivity (Wildman–Crippen MR) is 107 cm³/mol. The Morgan fingerprint density at radius 2 is 1.82 bits per heavy atom. The normalized spacial score (nSPS) is 13.1. The molecule has 2 N–H and O–H groups in total. The van der Waals surface area contributed by atoms with E-state index < -0.39 is 20.5 Å². The van der Waals surface area contributed by atoms with E-state index in [9.17, 15) is 18.5 Å². The molecule has 0 aliphatic rings.